The van der Waals surface area contributed by atoms with Crippen LogP contribution in [0.2, 0.25) is 5.02 Å². The zero-order valence-electron chi connectivity index (χ0n) is 19.6. The van der Waals surface area contributed by atoms with Crippen LogP contribution in [0.15, 0.2) is 72.3 Å². The molecule has 1 aliphatic heterocycles. The van der Waals surface area contributed by atoms with Gasteiger partial charge >= 0.3 is 11.9 Å². The SMILES string of the molecule is COC(=O)c1ccc(C2C(=C(O)c3ccc(OC)cc3)C(=O)C(=O)N2c2nc3ccc(Cl)cc3s2)cc1. The third kappa shape index (κ3) is 4.32. The Kier molecular flexibility index (Phi) is 6.41. The minimum absolute atomic E-state index is 0.0988. The fourth-order valence-electron chi connectivity index (χ4n) is 4.16. The number of aliphatic hydroxyl groups excluding tert-OH is 1. The molecule has 1 atom stereocenters. The third-order valence-electron chi connectivity index (χ3n) is 6.00. The molecule has 1 fully saturated rings. The molecule has 3 aromatic carbocycles. The Morgan fingerprint density at radius 2 is 1.68 bits per heavy atom. The molecule has 1 aliphatic rings. The van der Waals surface area contributed by atoms with E-state index in [9.17, 15) is 19.5 Å². The largest absolute Gasteiger partial charge is 0.507 e. The van der Waals surface area contributed by atoms with Gasteiger partial charge in [0.25, 0.3) is 5.78 Å². The standard InChI is InChI=1S/C27H19ClN2O6S/c1-35-18-10-7-15(8-11-18)23(31)21-22(14-3-5-16(6-4-14)26(34)36-2)30(25(33)24(21)32)27-29-19-12-9-17(28)13-20(19)37-27/h3-13,22,31H,1-2H3. The molecule has 1 N–H and O–H groups in total. The van der Waals surface area contributed by atoms with Gasteiger partial charge in [0.2, 0.25) is 0 Å². The summed E-state index contributed by atoms with van der Waals surface area (Å²) in [6.07, 6.45) is 0. The predicted molar refractivity (Wildman–Crippen MR) is 140 cm³/mol. The van der Waals surface area contributed by atoms with Gasteiger partial charge < -0.3 is 14.6 Å². The zero-order valence-corrected chi connectivity index (χ0v) is 21.2. The molecule has 0 radical (unpaired) electrons. The Balaban J connectivity index is 1.69. The lowest BCUT2D eigenvalue weighted by atomic mass is 9.94. The number of aliphatic hydroxyl groups is 1. The van der Waals surface area contributed by atoms with Crippen LogP contribution in [0.5, 0.6) is 5.75 Å². The number of aromatic nitrogens is 1. The monoisotopic (exact) mass is 534 g/mol. The normalized spacial score (nSPS) is 16.8. The molecule has 1 amide bonds. The number of ether oxygens (including phenoxy) is 2. The van der Waals surface area contributed by atoms with Crippen molar-refractivity contribution in [2.24, 2.45) is 0 Å². The van der Waals surface area contributed by atoms with Crippen molar-refractivity contribution in [2.45, 2.75) is 6.04 Å². The number of benzene rings is 3. The minimum atomic E-state index is -0.996. The van der Waals surface area contributed by atoms with Crippen molar-refractivity contribution in [1.82, 2.24) is 4.98 Å². The lowest BCUT2D eigenvalue weighted by molar-refractivity contribution is -0.132. The molecule has 10 heteroatoms. The van der Waals surface area contributed by atoms with E-state index in [1.807, 2.05) is 0 Å². The van der Waals surface area contributed by atoms with Crippen LogP contribution in [0.25, 0.3) is 16.0 Å². The average Bonchev–Trinajstić information content (AvgIpc) is 3.45. The first-order valence-corrected chi connectivity index (χ1v) is 12.2. The second-order valence-corrected chi connectivity index (χ2v) is 9.57. The number of hydrogen-bond acceptors (Lipinski definition) is 8. The maximum atomic E-state index is 13.4. The summed E-state index contributed by atoms with van der Waals surface area (Å²) in [5.74, 6) is -1.98. The highest BCUT2D eigenvalue weighted by Gasteiger charge is 2.48. The van der Waals surface area contributed by atoms with Gasteiger partial charge in [0.05, 0.1) is 41.6 Å². The first-order chi connectivity index (χ1) is 17.8. The second-order valence-electron chi connectivity index (χ2n) is 8.12. The molecule has 1 aromatic heterocycles. The number of nitrogens with zero attached hydrogens (tertiary/aromatic N) is 2. The van der Waals surface area contributed by atoms with Crippen molar-refractivity contribution in [3.05, 3.63) is 94.0 Å². The van der Waals surface area contributed by atoms with Gasteiger partial charge in [-0.05, 0) is 60.2 Å². The minimum Gasteiger partial charge on any atom is -0.507 e. The van der Waals surface area contributed by atoms with Gasteiger partial charge in [-0.2, -0.15) is 0 Å². The fraction of sp³-hybridized carbons (Fsp3) is 0.111. The van der Waals surface area contributed by atoms with E-state index in [0.717, 1.165) is 4.70 Å². The van der Waals surface area contributed by atoms with Gasteiger partial charge in [-0.1, -0.05) is 35.1 Å². The summed E-state index contributed by atoms with van der Waals surface area (Å²) in [5, 5.41) is 12.0. The smallest absolute Gasteiger partial charge is 0.337 e. The number of rotatable bonds is 5. The van der Waals surface area contributed by atoms with Crippen molar-refractivity contribution >= 4 is 61.7 Å². The number of Topliss-reactive ketones (excluding diaryl/α,β-unsaturated/α-hetero) is 1. The van der Waals surface area contributed by atoms with Gasteiger partial charge in [0.15, 0.2) is 5.13 Å². The van der Waals surface area contributed by atoms with Gasteiger partial charge in [0, 0.05) is 10.6 Å². The zero-order chi connectivity index (χ0) is 26.3. The van der Waals surface area contributed by atoms with E-state index < -0.39 is 23.7 Å². The Labute approximate surface area is 220 Å². The average molecular weight is 535 g/mol. The van der Waals surface area contributed by atoms with E-state index in [1.165, 1.54) is 42.6 Å². The number of fused-ring (bicyclic) bond motifs is 1. The highest BCUT2D eigenvalue weighted by Crippen LogP contribution is 2.44. The molecule has 4 aromatic rings. The van der Waals surface area contributed by atoms with E-state index in [-0.39, 0.29) is 16.5 Å². The Morgan fingerprint density at radius 1 is 1.00 bits per heavy atom. The number of hydrogen-bond donors (Lipinski definition) is 1. The number of halogens is 1. The van der Waals surface area contributed by atoms with Gasteiger partial charge in [-0.15, -0.1) is 0 Å². The lowest BCUT2D eigenvalue weighted by Gasteiger charge is -2.23. The molecule has 37 heavy (non-hydrogen) atoms. The van der Waals surface area contributed by atoms with Crippen molar-refractivity contribution < 1.29 is 29.0 Å². The van der Waals surface area contributed by atoms with Gasteiger partial charge in [0.1, 0.15) is 11.5 Å². The number of carbonyl (C=O) groups excluding carboxylic acids is 3. The van der Waals surface area contributed by atoms with Crippen LogP contribution < -0.4 is 9.64 Å². The number of carbonyl (C=O) groups is 3. The van der Waals surface area contributed by atoms with E-state index in [1.54, 1.807) is 54.6 Å². The van der Waals surface area contributed by atoms with E-state index in [2.05, 4.69) is 4.98 Å². The molecular formula is C27H19ClN2O6S. The molecule has 186 valence electrons. The molecule has 0 bridgehead atoms. The first kappa shape index (κ1) is 24.5. The van der Waals surface area contributed by atoms with Crippen LogP contribution in [0.3, 0.4) is 0 Å². The maximum Gasteiger partial charge on any atom is 0.337 e. The highest BCUT2D eigenvalue weighted by atomic mass is 35.5. The third-order valence-corrected chi connectivity index (χ3v) is 7.25. The second kappa shape index (κ2) is 9.68. The number of esters is 1. The Morgan fingerprint density at radius 3 is 2.32 bits per heavy atom. The van der Waals surface area contributed by atoms with Gasteiger partial charge in [-0.3, -0.25) is 14.5 Å². The van der Waals surface area contributed by atoms with Crippen molar-refractivity contribution in [2.75, 3.05) is 19.1 Å². The molecule has 8 nitrogen and oxygen atoms in total. The fourth-order valence-corrected chi connectivity index (χ4v) is 5.43. The number of thiazole rings is 1. The first-order valence-electron chi connectivity index (χ1n) is 11.0. The number of amides is 1. The molecule has 1 unspecified atom stereocenters. The summed E-state index contributed by atoms with van der Waals surface area (Å²) in [7, 11) is 2.79. The molecule has 0 saturated carbocycles. The predicted octanol–water partition coefficient (Wildman–Crippen LogP) is 5.37. The van der Waals surface area contributed by atoms with Crippen LogP contribution in [0.4, 0.5) is 5.13 Å². The summed E-state index contributed by atoms with van der Waals surface area (Å²) < 4.78 is 10.7. The quantitative estimate of drug-likeness (QED) is 0.159. The van der Waals surface area contributed by atoms with Crippen molar-refractivity contribution in [3.63, 3.8) is 0 Å². The summed E-state index contributed by atoms with van der Waals surface area (Å²) in [6.45, 7) is 0. The van der Waals surface area contributed by atoms with Crippen molar-refractivity contribution in [1.29, 1.82) is 0 Å². The van der Waals surface area contributed by atoms with Crippen LogP contribution >= 0.6 is 22.9 Å². The summed E-state index contributed by atoms with van der Waals surface area (Å²) in [5.41, 5.74) is 1.65. The topological polar surface area (TPSA) is 106 Å². The van der Waals surface area contributed by atoms with Crippen molar-refractivity contribution in [3.8, 4) is 5.75 Å². The van der Waals surface area contributed by atoms with Crippen LogP contribution in [0, 0.1) is 0 Å². The number of methoxy groups -OCH3 is 2. The lowest BCUT2D eigenvalue weighted by Crippen LogP contribution is -2.29. The molecule has 0 aliphatic carbocycles. The van der Waals surface area contributed by atoms with Crippen LogP contribution in [-0.4, -0.2) is 42.0 Å². The summed E-state index contributed by atoms with van der Waals surface area (Å²) in [6, 6.07) is 16.9. The molecule has 5 rings (SSSR count). The van der Waals surface area contributed by atoms with E-state index in [0.29, 0.717) is 33.0 Å². The number of anilines is 1. The van der Waals surface area contributed by atoms with Crippen LogP contribution in [-0.2, 0) is 14.3 Å². The molecule has 1 saturated heterocycles. The summed E-state index contributed by atoms with van der Waals surface area (Å²) >= 11 is 7.33. The highest BCUT2D eigenvalue weighted by molar-refractivity contribution is 7.22. The maximum absolute atomic E-state index is 13.4. The Hall–Kier alpha value is -4.21. The Bertz CT molecular complexity index is 1580. The van der Waals surface area contributed by atoms with Gasteiger partial charge in [-0.25, -0.2) is 9.78 Å². The molecule has 0 spiro atoms. The molecular weight excluding hydrogens is 516 g/mol. The summed E-state index contributed by atoms with van der Waals surface area (Å²) in [4.78, 5) is 44.5. The number of ketones is 1. The van der Waals surface area contributed by atoms with E-state index >= 15 is 0 Å². The molecule has 2 heterocycles. The van der Waals surface area contributed by atoms with Crippen LogP contribution in [0.1, 0.15) is 27.5 Å². The van der Waals surface area contributed by atoms with E-state index in [4.69, 9.17) is 21.1 Å².